The molecule has 0 aromatic heterocycles. The van der Waals surface area contributed by atoms with E-state index in [1.807, 2.05) is 13.0 Å². The Balaban J connectivity index is 2.46. The lowest BCUT2D eigenvalue weighted by atomic mass is 10.2. The van der Waals surface area contributed by atoms with Crippen molar-refractivity contribution >= 4 is 23.2 Å². The predicted octanol–water partition coefficient (Wildman–Crippen LogP) is 1.99. The van der Waals surface area contributed by atoms with Gasteiger partial charge in [-0.1, -0.05) is 12.2 Å². The maximum Gasteiger partial charge on any atom is 0.343 e. The maximum atomic E-state index is 11.0. The Hall–Kier alpha value is -1.82. The Morgan fingerprint density at radius 1 is 1.35 bits per heavy atom. The van der Waals surface area contributed by atoms with Crippen molar-refractivity contribution in [1.82, 2.24) is 0 Å². The number of esters is 1. The molecule has 0 aliphatic rings. The first-order valence-electron chi connectivity index (χ1n) is 6.24. The number of ether oxygens (including phenoxy) is 3. The van der Waals surface area contributed by atoms with Gasteiger partial charge in [-0.3, -0.25) is 0 Å². The average Bonchev–Trinajstić information content (AvgIpc) is 2.42. The van der Waals surface area contributed by atoms with Gasteiger partial charge in [-0.2, -0.15) is 0 Å². The lowest BCUT2D eigenvalue weighted by Gasteiger charge is -2.11. The molecule has 0 spiro atoms. The van der Waals surface area contributed by atoms with Crippen LogP contribution in [0, 0.1) is 6.92 Å². The van der Waals surface area contributed by atoms with Gasteiger partial charge in [0.1, 0.15) is 11.5 Å². The summed E-state index contributed by atoms with van der Waals surface area (Å²) in [6.07, 6.45) is 1.46. The van der Waals surface area contributed by atoms with E-state index in [2.05, 4.69) is 4.74 Å². The van der Waals surface area contributed by atoms with E-state index in [0.29, 0.717) is 23.8 Å². The van der Waals surface area contributed by atoms with E-state index in [0.717, 1.165) is 17.7 Å². The minimum absolute atomic E-state index is 0.106. The second kappa shape index (κ2) is 8.37. The van der Waals surface area contributed by atoms with Gasteiger partial charge in [-0.05, 0) is 37.1 Å². The number of rotatable bonds is 8. The molecule has 0 fully saturated rings. The molecule has 0 aliphatic heterocycles. The fourth-order valence-electron chi connectivity index (χ4n) is 1.51. The van der Waals surface area contributed by atoms with Gasteiger partial charge in [0, 0.05) is 6.42 Å². The molecule has 20 heavy (non-hydrogen) atoms. The molecule has 0 saturated heterocycles. The maximum absolute atomic E-state index is 11.0. The van der Waals surface area contributed by atoms with Gasteiger partial charge in [0.25, 0.3) is 0 Å². The summed E-state index contributed by atoms with van der Waals surface area (Å²) in [5.41, 5.74) is 6.30. The van der Waals surface area contributed by atoms with Crippen LogP contribution >= 0.6 is 12.2 Å². The molecule has 0 amide bonds. The highest BCUT2D eigenvalue weighted by atomic mass is 32.1. The van der Waals surface area contributed by atoms with Crippen molar-refractivity contribution in [2.45, 2.75) is 19.8 Å². The summed E-state index contributed by atoms with van der Waals surface area (Å²) in [4.78, 5) is 11.5. The number of thiocarbonyl (C=S) groups is 1. The second-order valence-corrected chi connectivity index (χ2v) is 4.73. The Morgan fingerprint density at radius 3 is 2.70 bits per heavy atom. The Morgan fingerprint density at radius 2 is 2.10 bits per heavy atom. The molecule has 0 unspecified atom stereocenters. The van der Waals surface area contributed by atoms with E-state index in [-0.39, 0.29) is 6.61 Å². The molecule has 110 valence electrons. The first-order chi connectivity index (χ1) is 9.52. The summed E-state index contributed by atoms with van der Waals surface area (Å²) in [7, 11) is 1.32. The van der Waals surface area contributed by atoms with Crippen LogP contribution in [-0.4, -0.2) is 31.3 Å². The molecule has 0 heterocycles. The van der Waals surface area contributed by atoms with E-state index >= 15 is 0 Å². The predicted molar refractivity (Wildman–Crippen MR) is 80.2 cm³/mol. The lowest BCUT2D eigenvalue weighted by molar-refractivity contribution is -0.142. The molecule has 1 aromatic rings. The van der Waals surface area contributed by atoms with Crippen LogP contribution in [0.15, 0.2) is 18.2 Å². The first-order valence-corrected chi connectivity index (χ1v) is 6.65. The summed E-state index contributed by atoms with van der Waals surface area (Å²) in [5.74, 6) is 0.962. The van der Waals surface area contributed by atoms with Crippen LogP contribution in [0.4, 0.5) is 0 Å². The summed E-state index contributed by atoms with van der Waals surface area (Å²) in [5, 5.41) is 0. The van der Waals surface area contributed by atoms with E-state index in [4.69, 9.17) is 27.4 Å². The van der Waals surface area contributed by atoms with Crippen LogP contribution in [0.1, 0.15) is 18.4 Å². The topological polar surface area (TPSA) is 70.8 Å². The zero-order valence-corrected chi connectivity index (χ0v) is 12.5. The first kappa shape index (κ1) is 16.2. The van der Waals surface area contributed by atoms with Gasteiger partial charge >= 0.3 is 5.97 Å². The van der Waals surface area contributed by atoms with E-state index < -0.39 is 5.97 Å². The fraction of sp³-hybridized carbons (Fsp3) is 0.429. The van der Waals surface area contributed by atoms with Crippen molar-refractivity contribution in [2.24, 2.45) is 5.73 Å². The van der Waals surface area contributed by atoms with Crippen molar-refractivity contribution in [3.05, 3.63) is 23.8 Å². The summed E-state index contributed by atoms with van der Waals surface area (Å²) < 4.78 is 15.4. The van der Waals surface area contributed by atoms with Crippen LogP contribution in [0.2, 0.25) is 0 Å². The number of methoxy groups -OCH3 is 1. The molecule has 0 bridgehead atoms. The minimum atomic E-state index is -0.414. The number of carbonyl (C=O) groups excluding carboxylic acids is 1. The highest BCUT2D eigenvalue weighted by Crippen LogP contribution is 2.23. The zero-order valence-electron chi connectivity index (χ0n) is 11.7. The Labute approximate surface area is 124 Å². The fourth-order valence-corrected chi connectivity index (χ4v) is 1.65. The largest absolute Gasteiger partial charge is 0.494 e. The Bertz CT molecular complexity index is 476. The molecule has 6 heteroatoms. The smallest absolute Gasteiger partial charge is 0.343 e. The van der Waals surface area contributed by atoms with Gasteiger partial charge in [-0.15, -0.1) is 0 Å². The Kier molecular flexibility index (Phi) is 6.79. The summed E-state index contributed by atoms with van der Waals surface area (Å²) in [6.45, 7) is 2.33. The van der Waals surface area contributed by atoms with E-state index in [1.165, 1.54) is 7.11 Å². The molecule has 5 nitrogen and oxygen atoms in total. The molecular weight excluding hydrogens is 278 g/mol. The molecule has 0 atom stereocenters. The molecule has 0 radical (unpaired) electrons. The number of carbonyl (C=O) groups is 1. The highest BCUT2D eigenvalue weighted by molar-refractivity contribution is 7.80. The van der Waals surface area contributed by atoms with Crippen molar-refractivity contribution in [1.29, 1.82) is 0 Å². The molecule has 0 aliphatic carbocycles. The third-order valence-electron chi connectivity index (χ3n) is 2.56. The summed E-state index contributed by atoms with van der Waals surface area (Å²) in [6, 6.07) is 5.41. The molecule has 0 saturated carbocycles. The van der Waals surface area contributed by atoms with Crippen molar-refractivity contribution < 1.29 is 19.0 Å². The van der Waals surface area contributed by atoms with Crippen LogP contribution in [0.5, 0.6) is 11.5 Å². The number of aryl methyl sites for hydroxylation is 1. The normalized spacial score (nSPS) is 9.90. The summed E-state index contributed by atoms with van der Waals surface area (Å²) >= 11 is 4.79. The van der Waals surface area contributed by atoms with E-state index in [9.17, 15) is 4.79 Å². The van der Waals surface area contributed by atoms with Gasteiger partial charge in [0.2, 0.25) is 0 Å². The van der Waals surface area contributed by atoms with Crippen molar-refractivity contribution in [2.75, 3.05) is 20.3 Å². The number of hydrogen-bond donors (Lipinski definition) is 1. The number of hydrogen-bond acceptors (Lipinski definition) is 5. The molecule has 1 rings (SSSR count). The van der Waals surface area contributed by atoms with Gasteiger partial charge in [0.05, 0.1) is 18.7 Å². The van der Waals surface area contributed by atoms with Crippen LogP contribution in [0.3, 0.4) is 0 Å². The zero-order chi connectivity index (χ0) is 15.0. The van der Waals surface area contributed by atoms with Gasteiger partial charge < -0.3 is 19.9 Å². The van der Waals surface area contributed by atoms with Gasteiger partial charge in [0.15, 0.2) is 6.61 Å². The molecule has 2 N–H and O–H groups in total. The SMILES string of the molecule is COC(=O)COc1ccc(OCCCC(N)=S)cc1C. The lowest BCUT2D eigenvalue weighted by Crippen LogP contribution is -2.13. The molecule has 1 aromatic carbocycles. The third-order valence-corrected chi connectivity index (χ3v) is 2.76. The highest BCUT2D eigenvalue weighted by Gasteiger charge is 2.05. The van der Waals surface area contributed by atoms with Crippen LogP contribution < -0.4 is 15.2 Å². The standard InChI is InChI=1S/C14H19NO4S/c1-10-8-11(18-7-3-4-13(15)20)5-6-12(10)19-9-14(16)17-2/h5-6,8H,3-4,7,9H2,1-2H3,(H2,15,20). The minimum Gasteiger partial charge on any atom is -0.494 e. The average molecular weight is 297 g/mol. The van der Waals surface area contributed by atoms with Crippen LogP contribution in [0.25, 0.3) is 0 Å². The molecular formula is C14H19NO4S. The quantitative estimate of drug-likeness (QED) is 0.449. The van der Waals surface area contributed by atoms with Crippen molar-refractivity contribution in [3.63, 3.8) is 0 Å². The van der Waals surface area contributed by atoms with Crippen molar-refractivity contribution in [3.8, 4) is 11.5 Å². The van der Waals surface area contributed by atoms with Gasteiger partial charge in [-0.25, -0.2) is 4.79 Å². The number of nitrogens with two attached hydrogens (primary N) is 1. The van der Waals surface area contributed by atoms with Crippen LogP contribution in [-0.2, 0) is 9.53 Å². The second-order valence-electron chi connectivity index (χ2n) is 4.21. The monoisotopic (exact) mass is 297 g/mol. The third kappa shape index (κ3) is 5.88. The van der Waals surface area contributed by atoms with E-state index in [1.54, 1.807) is 12.1 Å². The number of benzene rings is 1.